The first-order chi connectivity index (χ1) is 12.1. The van der Waals surface area contributed by atoms with E-state index < -0.39 is 17.5 Å². The van der Waals surface area contributed by atoms with E-state index in [0.29, 0.717) is 18.8 Å². The number of carboxylic acids is 1. The molecule has 0 saturated heterocycles. The Bertz CT molecular complexity index is 872. The summed E-state index contributed by atoms with van der Waals surface area (Å²) in [6.07, 6.45) is 0.157. The Morgan fingerprint density at radius 1 is 1.42 bits per heavy atom. The minimum atomic E-state index is -1.31. The molecule has 0 saturated carbocycles. The van der Waals surface area contributed by atoms with Crippen LogP contribution in [0.2, 0.25) is 0 Å². The minimum Gasteiger partial charge on any atom is -0.488 e. The van der Waals surface area contributed by atoms with Crippen molar-refractivity contribution in [1.29, 1.82) is 0 Å². The summed E-state index contributed by atoms with van der Waals surface area (Å²) in [6.45, 7) is 4.14. The molecule has 0 fully saturated rings. The van der Waals surface area contributed by atoms with E-state index in [1.54, 1.807) is 14.0 Å². The summed E-state index contributed by atoms with van der Waals surface area (Å²) in [5.74, 6) is -1.71. The number of aromatic nitrogens is 3. The first-order valence-electron chi connectivity index (χ1n) is 8.19. The fourth-order valence-corrected chi connectivity index (χ4v) is 2.68. The summed E-state index contributed by atoms with van der Waals surface area (Å²) in [5, 5.41) is 13.5. The summed E-state index contributed by atoms with van der Waals surface area (Å²) in [4.78, 5) is 25.7. The molecule has 0 spiro atoms. The third-order valence-corrected chi connectivity index (χ3v) is 3.84. The van der Waals surface area contributed by atoms with Crippen LogP contribution in [-0.2, 0) is 13.5 Å². The predicted molar refractivity (Wildman–Crippen MR) is 93.7 cm³/mol. The Labute approximate surface area is 150 Å². The molecule has 1 aromatic heterocycles. The maximum absolute atomic E-state index is 14.5. The molecule has 0 bridgehead atoms. The number of nitrogens with zero attached hydrogens (tertiary/aromatic N) is 4. The second-order valence-corrected chi connectivity index (χ2v) is 6.32. The predicted octanol–water partition coefficient (Wildman–Crippen LogP) is 1.30. The number of likely N-dealkylation sites (N-methyl/N-ethyl adjacent to an activating group) is 1. The van der Waals surface area contributed by atoms with Gasteiger partial charge in [0.1, 0.15) is 34.7 Å². The van der Waals surface area contributed by atoms with E-state index in [1.807, 2.05) is 25.9 Å². The van der Waals surface area contributed by atoms with Gasteiger partial charge in [-0.15, -0.1) is 5.10 Å². The molecule has 0 unspecified atom stereocenters. The Morgan fingerprint density at radius 3 is 2.58 bits per heavy atom. The quantitative estimate of drug-likeness (QED) is 0.794. The first kappa shape index (κ1) is 19.6. The van der Waals surface area contributed by atoms with Gasteiger partial charge in [-0.1, -0.05) is 6.92 Å². The van der Waals surface area contributed by atoms with Crippen molar-refractivity contribution < 1.29 is 19.0 Å². The van der Waals surface area contributed by atoms with Gasteiger partial charge in [0.05, 0.1) is 0 Å². The number of rotatable bonds is 7. The van der Waals surface area contributed by atoms with E-state index in [2.05, 4.69) is 5.10 Å². The third kappa shape index (κ3) is 3.93. The van der Waals surface area contributed by atoms with Crippen LogP contribution in [0.3, 0.4) is 0 Å². The Kier molecular flexibility index (Phi) is 5.81. The molecule has 26 heavy (non-hydrogen) atoms. The van der Waals surface area contributed by atoms with Crippen LogP contribution in [0.15, 0.2) is 16.9 Å². The number of carboxylic acid groups (broad SMARTS) is 1. The van der Waals surface area contributed by atoms with E-state index in [1.165, 1.54) is 10.6 Å². The minimum absolute atomic E-state index is 0.0150. The highest BCUT2D eigenvalue weighted by molar-refractivity contribution is 5.91. The zero-order chi connectivity index (χ0) is 19.6. The molecule has 1 aromatic carbocycles. The Balaban J connectivity index is 2.57. The first-order valence-corrected chi connectivity index (χ1v) is 8.19. The van der Waals surface area contributed by atoms with E-state index in [-0.39, 0.29) is 23.1 Å². The van der Waals surface area contributed by atoms with Crippen LogP contribution in [0.1, 0.15) is 30.0 Å². The van der Waals surface area contributed by atoms with Gasteiger partial charge in [-0.25, -0.2) is 14.0 Å². The maximum atomic E-state index is 14.5. The van der Waals surface area contributed by atoms with Gasteiger partial charge in [0.2, 0.25) is 0 Å². The molecule has 9 heteroatoms. The zero-order valence-electron chi connectivity index (χ0n) is 15.5. The summed E-state index contributed by atoms with van der Waals surface area (Å²) in [5.41, 5.74) is -0.977. The average molecular weight is 366 g/mol. The van der Waals surface area contributed by atoms with Gasteiger partial charge in [-0.3, -0.25) is 4.57 Å². The number of aromatic carboxylic acids is 1. The number of hydrogen-bond donors (Lipinski definition) is 1. The second kappa shape index (κ2) is 7.69. The van der Waals surface area contributed by atoms with Crippen molar-refractivity contribution in [1.82, 2.24) is 19.2 Å². The molecule has 1 heterocycles. The highest BCUT2D eigenvalue weighted by Gasteiger charge is 2.22. The highest BCUT2D eigenvalue weighted by atomic mass is 19.1. The molecule has 0 radical (unpaired) electrons. The molecular formula is C17H23FN4O4. The lowest BCUT2D eigenvalue weighted by atomic mass is 10.1. The lowest BCUT2D eigenvalue weighted by Crippen LogP contribution is -2.29. The van der Waals surface area contributed by atoms with Gasteiger partial charge in [-0.05, 0) is 27.1 Å². The maximum Gasteiger partial charge on any atom is 0.350 e. The normalized spacial score (nSPS) is 12.4. The zero-order valence-corrected chi connectivity index (χ0v) is 15.5. The highest BCUT2D eigenvalue weighted by Crippen LogP contribution is 2.26. The van der Waals surface area contributed by atoms with Crippen molar-refractivity contribution in [3.8, 4) is 11.4 Å². The van der Waals surface area contributed by atoms with Gasteiger partial charge in [0, 0.05) is 26.1 Å². The monoisotopic (exact) mass is 366 g/mol. The summed E-state index contributed by atoms with van der Waals surface area (Å²) >= 11 is 0. The largest absolute Gasteiger partial charge is 0.488 e. The molecule has 2 rings (SSSR count). The van der Waals surface area contributed by atoms with Crippen LogP contribution in [-0.4, -0.2) is 57.1 Å². The van der Waals surface area contributed by atoms with Crippen LogP contribution in [0.4, 0.5) is 4.39 Å². The van der Waals surface area contributed by atoms with Crippen LogP contribution in [0.5, 0.6) is 5.75 Å². The Morgan fingerprint density at radius 2 is 2.08 bits per heavy atom. The molecule has 0 aliphatic heterocycles. The topological polar surface area (TPSA) is 89.6 Å². The number of aryl methyl sites for hydroxylation is 1. The molecule has 0 aliphatic rings. The van der Waals surface area contributed by atoms with Gasteiger partial charge in [-0.2, -0.15) is 4.68 Å². The van der Waals surface area contributed by atoms with Crippen molar-refractivity contribution in [3.63, 3.8) is 0 Å². The van der Waals surface area contributed by atoms with Crippen molar-refractivity contribution in [2.75, 3.05) is 20.6 Å². The lowest BCUT2D eigenvalue weighted by Gasteiger charge is -2.20. The van der Waals surface area contributed by atoms with Crippen molar-refractivity contribution in [3.05, 3.63) is 39.8 Å². The Hall–Kier alpha value is -2.68. The second-order valence-electron chi connectivity index (χ2n) is 6.32. The molecular weight excluding hydrogens is 343 g/mol. The van der Waals surface area contributed by atoms with Crippen LogP contribution < -0.4 is 10.4 Å². The van der Waals surface area contributed by atoms with E-state index in [0.717, 1.165) is 10.7 Å². The van der Waals surface area contributed by atoms with Gasteiger partial charge in [0.15, 0.2) is 0 Å². The summed E-state index contributed by atoms with van der Waals surface area (Å²) in [6, 6.07) is 2.06. The van der Waals surface area contributed by atoms with Gasteiger partial charge < -0.3 is 14.7 Å². The van der Waals surface area contributed by atoms with Crippen molar-refractivity contribution in [2.45, 2.75) is 26.4 Å². The molecule has 1 atom stereocenters. The van der Waals surface area contributed by atoms with Gasteiger partial charge >= 0.3 is 11.7 Å². The molecule has 0 aliphatic carbocycles. The fraction of sp³-hybridized carbons (Fsp3) is 0.471. The molecule has 8 nitrogen and oxygen atoms in total. The standard InChI is InChI=1S/C17H23FN4O4/c1-6-15-19-22(17(25)21(15)5)13-8-14(26-10(2)9-20(3)4)11(16(23)24)7-12(13)18/h7-8,10H,6,9H2,1-5H3,(H,23,24)/t10-/m0/s1. The number of halogens is 1. The number of carbonyl (C=O) groups is 1. The number of benzene rings is 1. The molecule has 1 N–H and O–H groups in total. The summed E-state index contributed by atoms with van der Waals surface area (Å²) in [7, 11) is 5.26. The molecule has 142 valence electrons. The van der Waals surface area contributed by atoms with Crippen molar-refractivity contribution in [2.24, 2.45) is 7.05 Å². The smallest absolute Gasteiger partial charge is 0.350 e. The SMILES string of the molecule is CCc1nn(-c2cc(O[C@@H](C)CN(C)C)c(C(=O)O)cc2F)c(=O)n1C. The third-order valence-electron chi connectivity index (χ3n) is 3.84. The van der Waals surface area contributed by atoms with Crippen LogP contribution >= 0.6 is 0 Å². The summed E-state index contributed by atoms with van der Waals surface area (Å²) < 4.78 is 22.5. The van der Waals surface area contributed by atoms with Crippen LogP contribution in [0.25, 0.3) is 5.69 Å². The molecule has 2 aromatic rings. The lowest BCUT2D eigenvalue weighted by molar-refractivity contribution is 0.0688. The van der Waals surface area contributed by atoms with E-state index in [9.17, 15) is 19.1 Å². The van der Waals surface area contributed by atoms with Crippen molar-refractivity contribution >= 4 is 5.97 Å². The van der Waals surface area contributed by atoms with E-state index in [4.69, 9.17) is 4.74 Å². The average Bonchev–Trinajstić information content (AvgIpc) is 2.83. The molecule has 0 amide bonds. The number of hydrogen-bond acceptors (Lipinski definition) is 5. The van der Waals surface area contributed by atoms with E-state index >= 15 is 0 Å². The fourth-order valence-electron chi connectivity index (χ4n) is 2.68. The van der Waals surface area contributed by atoms with Crippen LogP contribution in [0, 0.1) is 5.82 Å². The van der Waals surface area contributed by atoms with Gasteiger partial charge in [0.25, 0.3) is 0 Å². The number of ether oxygens (including phenoxy) is 1.